The van der Waals surface area contributed by atoms with Gasteiger partial charge >= 0.3 is 118 Å². The summed E-state index contributed by atoms with van der Waals surface area (Å²) in [5.74, 6) is 0.149. The number of nitrogens with one attached hydrogen (secondary N) is 3. The minimum absolute atomic E-state index is 0. The van der Waals surface area contributed by atoms with Gasteiger partial charge in [-0.15, -0.1) is 0 Å². The van der Waals surface area contributed by atoms with Gasteiger partial charge in [0, 0.05) is 72.2 Å². The third kappa shape index (κ3) is 16.6. The Hall–Kier alpha value is -1.85. The Labute approximate surface area is 520 Å². The van der Waals surface area contributed by atoms with Crippen molar-refractivity contribution in [1.82, 2.24) is 15.0 Å². The van der Waals surface area contributed by atoms with E-state index in [2.05, 4.69) is 51.4 Å². The van der Waals surface area contributed by atoms with Crippen LogP contribution in [0.3, 0.4) is 0 Å². The van der Waals surface area contributed by atoms with Crippen LogP contribution in [0.1, 0.15) is 11.1 Å². The van der Waals surface area contributed by atoms with Crippen molar-refractivity contribution in [2.24, 2.45) is 20.5 Å². The molecule has 7 rings (SSSR count). The second-order valence-corrected chi connectivity index (χ2v) is 19.4. The fourth-order valence-electron chi connectivity index (χ4n) is 6.49. The van der Waals surface area contributed by atoms with E-state index in [9.17, 15) is 57.0 Å². The van der Waals surface area contributed by atoms with Crippen LogP contribution in [-0.4, -0.2) is 85.1 Å². The Morgan fingerprint density at radius 2 is 0.845 bits per heavy atom. The molecule has 0 aliphatic rings. The number of azo groups is 2. The molecule has 7 aromatic rings. The molecule has 1 aromatic heterocycles. The Morgan fingerprint density at radius 3 is 1.18 bits per heavy atom. The van der Waals surface area contributed by atoms with Gasteiger partial charge in [0.25, 0.3) is 0 Å². The molecular weight excluding hydrogens is 1130 g/mol. The molecule has 32 heteroatoms. The van der Waals surface area contributed by atoms with E-state index in [1.165, 1.54) is 24.3 Å². The molecule has 1 radical (unpaired) electrons. The summed E-state index contributed by atoms with van der Waals surface area (Å²) in [7, 11) is -20.4. The van der Waals surface area contributed by atoms with Crippen LogP contribution in [0.5, 0.6) is 0 Å². The summed E-state index contributed by atoms with van der Waals surface area (Å²) in [6.45, 7) is 3.17. The van der Waals surface area contributed by atoms with Gasteiger partial charge in [0.2, 0.25) is 17.8 Å². The number of hydrogen-bond donors (Lipinski definition) is 4. The summed E-state index contributed by atoms with van der Waals surface area (Å²) in [5, 5.41) is 33.5. The van der Waals surface area contributed by atoms with Crippen LogP contribution in [0.25, 0.3) is 21.5 Å². The van der Waals surface area contributed by atoms with Gasteiger partial charge in [-0.1, -0.05) is 24.3 Å². The number of fused-ring (bicyclic) bond motifs is 2. The molecule has 0 amide bonds. The fourth-order valence-corrected chi connectivity index (χ4v) is 9.28. The number of rotatable bonds is 15. The minimum atomic E-state index is -5.14. The van der Waals surface area contributed by atoms with Crippen LogP contribution in [0, 0.1) is 13.8 Å². The molecular formula is C39H30N10Na4O13S4Y. The quantitative estimate of drug-likeness (QED) is 0.0422. The molecule has 0 aliphatic carbocycles. The molecule has 345 valence electrons. The predicted molar refractivity (Wildman–Crippen MR) is 232 cm³/mol. The van der Waals surface area contributed by atoms with Gasteiger partial charge in [-0.3, -0.25) is 0 Å². The molecule has 0 fully saturated rings. The van der Waals surface area contributed by atoms with Crippen molar-refractivity contribution in [2.45, 2.75) is 33.4 Å². The summed E-state index contributed by atoms with van der Waals surface area (Å²) in [5.41, 5.74) is 2.08. The van der Waals surface area contributed by atoms with Crippen LogP contribution < -0.4 is 134 Å². The Kier molecular flexibility index (Phi) is 24.6. The normalized spacial score (nSPS) is 11.8. The third-order valence-corrected chi connectivity index (χ3v) is 12.9. The Morgan fingerprint density at radius 1 is 0.479 bits per heavy atom. The van der Waals surface area contributed by atoms with Gasteiger partial charge in [-0.05, 0) is 97.8 Å². The van der Waals surface area contributed by atoms with Crippen LogP contribution in [0.2, 0.25) is 0 Å². The van der Waals surface area contributed by atoms with Gasteiger partial charge in [-0.25, -0.2) is 33.7 Å². The molecule has 0 atom stereocenters. The molecule has 6 aromatic carbocycles. The first-order valence-electron chi connectivity index (χ1n) is 18.6. The second kappa shape index (κ2) is 26.8. The fraction of sp³-hybridized carbons (Fsp3) is 0.103. The van der Waals surface area contributed by atoms with E-state index in [1.54, 1.807) is 38.1 Å². The number of aryl methyl sites for hydroxylation is 2. The van der Waals surface area contributed by atoms with Crippen molar-refractivity contribution in [1.29, 1.82) is 0 Å². The second-order valence-electron chi connectivity index (χ2n) is 14.0. The van der Waals surface area contributed by atoms with Crippen LogP contribution in [-0.2, 0) is 73.2 Å². The smallest absolute Gasteiger partial charge is 0.744 e. The zero-order valence-corrected chi connectivity index (χ0v) is 52.4. The SMILES string of the molecule is Cc1cc(Nc2nc(NCCO)nc(Nc3ccc(N=Nc4cc(S(=O)(=O)[O-])c5cccc(S(=O)(=O)[O-])c5c4)c(C)c3)n2)ccc1N=Nc1cc(S(=O)(=O)[O-])c2cccc(S(=O)(=O)[O-])c2c1.[Na+].[Na+].[Na+].[Na+].[Y]. The zero-order chi connectivity index (χ0) is 47.8. The van der Waals surface area contributed by atoms with Crippen molar-refractivity contribution in [2.75, 3.05) is 29.1 Å². The monoisotopic (exact) mass is 1150 g/mol. The van der Waals surface area contributed by atoms with Crippen molar-refractivity contribution >= 4 is 114 Å². The predicted octanol–water partition coefficient (Wildman–Crippen LogP) is -5.85. The number of aliphatic hydroxyl groups excluding tert-OH is 1. The maximum absolute atomic E-state index is 12.1. The van der Waals surface area contributed by atoms with Crippen molar-refractivity contribution in [3.8, 4) is 0 Å². The van der Waals surface area contributed by atoms with Crippen LogP contribution in [0.4, 0.5) is 52.0 Å². The molecule has 0 saturated heterocycles. The molecule has 0 bridgehead atoms. The average molecular weight is 1160 g/mol. The van der Waals surface area contributed by atoms with Crippen molar-refractivity contribution < 1.29 is 208 Å². The van der Waals surface area contributed by atoms with Crippen molar-refractivity contribution in [3.63, 3.8) is 0 Å². The summed E-state index contributed by atoms with van der Waals surface area (Å²) < 4.78 is 144. The summed E-state index contributed by atoms with van der Waals surface area (Å²) >= 11 is 0. The number of aromatic nitrogens is 3. The van der Waals surface area contributed by atoms with Crippen LogP contribution >= 0.6 is 0 Å². The summed E-state index contributed by atoms with van der Waals surface area (Å²) in [6.07, 6.45) is 0. The zero-order valence-electron chi connectivity index (χ0n) is 38.3. The summed E-state index contributed by atoms with van der Waals surface area (Å²) in [6, 6.07) is 20.2. The molecule has 4 N–H and O–H groups in total. The van der Waals surface area contributed by atoms with Gasteiger partial charge in [0.1, 0.15) is 40.5 Å². The Bertz CT molecular complexity index is 3430. The number of anilines is 5. The first-order chi connectivity index (χ1) is 31.0. The average Bonchev–Trinajstić information content (AvgIpc) is 3.22. The molecule has 1 heterocycles. The maximum Gasteiger partial charge on any atom is 1.00 e. The number of hydrogen-bond acceptors (Lipinski definition) is 23. The number of nitrogens with zero attached hydrogens (tertiary/aromatic N) is 7. The van der Waals surface area contributed by atoms with E-state index in [0.29, 0.717) is 22.5 Å². The number of aliphatic hydroxyl groups is 1. The van der Waals surface area contributed by atoms with E-state index in [4.69, 9.17) is 0 Å². The summed E-state index contributed by atoms with van der Waals surface area (Å²) in [4.78, 5) is 10.1. The molecule has 0 spiro atoms. The topological polar surface area (TPSA) is 373 Å². The van der Waals surface area contributed by atoms with E-state index in [1.807, 2.05) is 0 Å². The van der Waals surface area contributed by atoms with Gasteiger partial charge in [-0.2, -0.15) is 35.4 Å². The molecule has 0 aliphatic heterocycles. The van der Waals surface area contributed by atoms with Gasteiger partial charge in [0.05, 0.1) is 48.9 Å². The third-order valence-electron chi connectivity index (χ3n) is 9.37. The molecule has 23 nitrogen and oxygen atoms in total. The maximum atomic E-state index is 12.1. The van der Waals surface area contributed by atoms with E-state index in [0.717, 1.165) is 48.5 Å². The number of benzene rings is 6. The first kappa shape index (κ1) is 65.3. The standard InChI is InChI=1S/C39H34N10O13S4.4Na.Y/c1-21-15-23(9-11-31(21)48-46-25-17-29-27(35(19-25)65(57,58)59)5-3-7-33(29)63(51,52)53)41-38-43-37(40-13-14-50)44-39(45-38)42-24-10-12-32(22(2)16-24)49-47-26-18-30-28(36(20-26)66(60,61)62)6-4-8-34(30)64(54,55)56;;;;;/h3-12,15-20,50H,13-14H2,1-2H3,(H,51,52,53)(H,54,55,56)(H,57,58,59)(H,60,61,62)(H3,40,41,42,43,44,45);;;;;/q;4*+1;/p-4. The largest absolute Gasteiger partial charge is 1.00 e. The molecule has 0 unspecified atom stereocenters. The van der Waals surface area contributed by atoms with Gasteiger partial charge in [0.15, 0.2) is 0 Å². The van der Waals surface area contributed by atoms with E-state index < -0.39 is 60.1 Å². The molecule has 71 heavy (non-hydrogen) atoms. The van der Waals surface area contributed by atoms with E-state index >= 15 is 0 Å². The van der Waals surface area contributed by atoms with Crippen molar-refractivity contribution in [3.05, 3.63) is 108 Å². The minimum Gasteiger partial charge on any atom is -0.744 e. The Balaban J connectivity index is 0.00000346. The van der Waals surface area contributed by atoms with E-state index in [-0.39, 0.29) is 226 Å². The van der Waals surface area contributed by atoms with Gasteiger partial charge < -0.3 is 39.3 Å². The first-order valence-corrected chi connectivity index (χ1v) is 24.3. The molecule has 0 saturated carbocycles. The van der Waals surface area contributed by atoms with Crippen LogP contribution in [0.15, 0.2) is 137 Å².